The smallest absolute Gasteiger partial charge is 0.369 e. The molecule has 2 rings (SSSR count). The Bertz CT molecular complexity index is 659. The number of likely N-dealkylation sites (tertiary alicyclic amines) is 1. The third-order valence-corrected chi connectivity index (χ3v) is 3.95. The zero-order valence-corrected chi connectivity index (χ0v) is 12.7. The van der Waals surface area contributed by atoms with Crippen molar-refractivity contribution in [3.63, 3.8) is 0 Å². The van der Waals surface area contributed by atoms with Crippen LogP contribution in [0.5, 0.6) is 0 Å². The first-order chi connectivity index (χ1) is 10.7. The van der Waals surface area contributed by atoms with Crippen molar-refractivity contribution >= 4 is 29.5 Å². The Hall–Kier alpha value is -2.02. The number of alkyl halides is 3. The quantitative estimate of drug-likeness (QED) is 0.855. The molecule has 0 spiro atoms. The summed E-state index contributed by atoms with van der Waals surface area (Å²) in [4.78, 5) is 24.5. The Labute approximate surface area is 135 Å². The molecular weight excluding hydrogens is 333 g/mol. The van der Waals surface area contributed by atoms with Crippen LogP contribution in [0.3, 0.4) is 0 Å². The molecular formula is C15H14ClF3N2O2. The highest BCUT2D eigenvalue weighted by Crippen LogP contribution is 2.35. The van der Waals surface area contributed by atoms with Crippen LogP contribution in [0.25, 0.3) is 6.08 Å². The lowest BCUT2D eigenvalue weighted by atomic mass is 10.1. The summed E-state index contributed by atoms with van der Waals surface area (Å²) in [5.74, 6) is -1.21. The maximum absolute atomic E-state index is 12.8. The Morgan fingerprint density at radius 3 is 2.61 bits per heavy atom. The molecule has 1 aromatic carbocycles. The van der Waals surface area contributed by atoms with E-state index in [2.05, 4.69) is 0 Å². The fourth-order valence-electron chi connectivity index (χ4n) is 2.33. The third-order valence-electron chi connectivity index (χ3n) is 3.62. The van der Waals surface area contributed by atoms with Crippen molar-refractivity contribution in [3.8, 4) is 0 Å². The Kier molecular flexibility index (Phi) is 4.99. The largest absolute Gasteiger partial charge is 0.417 e. The molecule has 1 atom stereocenters. The minimum absolute atomic E-state index is 0.209. The van der Waals surface area contributed by atoms with E-state index >= 15 is 0 Å². The number of carbonyl (C=O) groups is 2. The molecule has 0 radical (unpaired) electrons. The van der Waals surface area contributed by atoms with Gasteiger partial charge in [0.05, 0.1) is 16.5 Å². The van der Waals surface area contributed by atoms with Gasteiger partial charge in [-0.15, -0.1) is 0 Å². The molecule has 0 bridgehead atoms. The van der Waals surface area contributed by atoms with Gasteiger partial charge in [-0.3, -0.25) is 9.59 Å². The van der Waals surface area contributed by atoms with Crippen molar-refractivity contribution in [1.29, 1.82) is 0 Å². The van der Waals surface area contributed by atoms with Crippen LogP contribution in [-0.2, 0) is 15.8 Å². The summed E-state index contributed by atoms with van der Waals surface area (Å²) < 4.78 is 38.3. The molecule has 8 heteroatoms. The molecule has 1 unspecified atom stereocenters. The van der Waals surface area contributed by atoms with Crippen molar-refractivity contribution < 1.29 is 22.8 Å². The number of hydrogen-bond acceptors (Lipinski definition) is 2. The van der Waals surface area contributed by atoms with E-state index in [-0.39, 0.29) is 23.9 Å². The normalized spacial score (nSPS) is 18.6. The predicted octanol–water partition coefficient (Wildman–Crippen LogP) is 2.71. The van der Waals surface area contributed by atoms with Gasteiger partial charge in [0.15, 0.2) is 0 Å². The molecule has 2 amide bonds. The molecule has 0 saturated carbocycles. The Morgan fingerprint density at radius 2 is 2.04 bits per heavy atom. The monoisotopic (exact) mass is 346 g/mol. The zero-order valence-electron chi connectivity index (χ0n) is 11.9. The van der Waals surface area contributed by atoms with Gasteiger partial charge in [-0.1, -0.05) is 17.7 Å². The van der Waals surface area contributed by atoms with Gasteiger partial charge in [0.2, 0.25) is 11.8 Å². The highest BCUT2D eigenvalue weighted by Gasteiger charge is 2.33. The number of nitrogens with two attached hydrogens (primary N) is 1. The molecule has 1 aliphatic rings. The van der Waals surface area contributed by atoms with Crippen molar-refractivity contribution in [1.82, 2.24) is 4.90 Å². The lowest BCUT2D eigenvalue weighted by Gasteiger charge is -2.13. The van der Waals surface area contributed by atoms with E-state index in [9.17, 15) is 22.8 Å². The topological polar surface area (TPSA) is 63.4 Å². The average Bonchev–Trinajstić information content (AvgIpc) is 2.95. The van der Waals surface area contributed by atoms with Gasteiger partial charge in [0, 0.05) is 19.2 Å². The maximum atomic E-state index is 12.8. The number of nitrogens with zero attached hydrogens (tertiary/aromatic N) is 1. The van der Waals surface area contributed by atoms with E-state index in [1.165, 1.54) is 23.1 Å². The first-order valence-electron chi connectivity index (χ1n) is 6.81. The van der Waals surface area contributed by atoms with Crippen molar-refractivity contribution in [3.05, 3.63) is 40.4 Å². The van der Waals surface area contributed by atoms with Crippen LogP contribution in [0.2, 0.25) is 5.02 Å². The predicted molar refractivity (Wildman–Crippen MR) is 79.4 cm³/mol. The summed E-state index contributed by atoms with van der Waals surface area (Å²) in [6.07, 6.45) is -1.61. The molecule has 124 valence electrons. The zero-order chi connectivity index (χ0) is 17.2. The highest BCUT2D eigenvalue weighted by molar-refractivity contribution is 6.31. The number of hydrogen-bond donors (Lipinski definition) is 1. The summed E-state index contributed by atoms with van der Waals surface area (Å²) in [5, 5.41) is -0.398. The van der Waals surface area contributed by atoms with Crippen LogP contribution in [0.15, 0.2) is 24.3 Å². The van der Waals surface area contributed by atoms with E-state index in [1.54, 1.807) is 0 Å². The van der Waals surface area contributed by atoms with Gasteiger partial charge >= 0.3 is 6.18 Å². The van der Waals surface area contributed by atoms with Crippen LogP contribution in [0.1, 0.15) is 17.5 Å². The summed E-state index contributed by atoms with van der Waals surface area (Å²) in [6, 6.07) is 3.40. The maximum Gasteiger partial charge on any atom is 0.417 e. The molecule has 1 heterocycles. The first-order valence-corrected chi connectivity index (χ1v) is 7.19. The second kappa shape index (κ2) is 6.62. The summed E-state index contributed by atoms with van der Waals surface area (Å²) >= 11 is 5.53. The van der Waals surface area contributed by atoms with Crippen LogP contribution < -0.4 is 5.73 Å². The summed E-state index contributed by atoms with van der Waals surface area (Å²) in [7, 11) is 0. The lowest BCUT2D eigenvalue weighted by Crippen LogP contribution is -2.30. The number of primary amides is 1. The third kappa shape index (κ3) is 4.25. The number of benzene rings is 1. The molecule has 23 heavy (non-hydrogen) atoms. The van der Waals surface area contributed by atoms with Crippen molar-refractivity contribution in [2.24, 2.45) is 11.7 Å². The van der Waals surface area contributed by atoms with E-state index in [4.69, 9.17) is 17.3 Å². The molecule has 0 aliphatic carbocycles. The second-order valence-electron chi connectivity index (χ2n) is 5.24. The fraction of sp³-hybridized carbons (Fsp3) is 0.333. The molecule has 1 fully saturated rings. The molecule has 1 aliphatic heterocycles. The van der Waals surface area contributed by atoms with E-state index in [1.807, 2.05) is 0 Å². The van der Waals surface area contributed by atoms with Gasteiger partial charge in [-0.25, -0.2) is 0 Å². The minimum Gasteiger partial charge on any atom is -0.369 e. The average molecular weight is 347 g/mol. The second-order valence-corrected chi connectivity index (χ2v) is 5.65. The first kappa shape index (κ1) is 17.3. The van der Waals surface area contributed by atoms with Gasteiger partial charge in [0.1, 0.15) is 0 Å². The van der Waals surface area contributed by atoms with Crippen molar-refractivity contribution in [2.45, 2.75) is 12.6 Å². The standard InChI is InChI=1S/C15H14ClF3N2O2/c16-12-3-1-9(7-11(12)15(17,18)19)2-4-13(22)21-6-5-10(8-21)14(20)23/h1-4,7,10H,5-6,8H2,(H2,20,23). The van der Waals surface area contributed by atoms with Crippen LogP contribution in [0.4, 0.5) is 13.2 Å². The van der Waals surface area contributed by atoms with E-state index in [0.717, 1.165) is 12.1 Å². The fourth-order valence-corrected chi connectivity index (χ4v) is 2.55. The minimum atomic E-state index is -4.56. The van der Waals surface area contributed by atoms with Gasteiger partial charge in [0.25, 0.3) is 0 Å². The van der Waals surface area contributed by atoms with E-state index in [0.29, 0.717) is 13.0 Å². The van der Waals surface area contributed by atoms with Crippen LogP contribution in [0, 0.1) is 5.92 Å². The Morgan fingerprint density at radius 1 is 1.35 bits per heavy atom. The number of halogens is 4. The van der Waals surface area contributed by atoms with Gasteiger partial charge in [-0.2, -0.15) is 13.2 Å². The molecule has 1 aromatic rings. The number of amides is 2. The molecule has 4 nitrogen and oxygen atoms in total. The number of rotatable bonds is 3. The lowest BCUT2D eigenvalue weighted by molar-refractivity contribution is -0.137. The van der Waals surface area contributed by atoms with Crippen molar-refractivity contribution in [2.75, 3.05) is 13.1 Å². The SMILES string of the molecule is NC(=O)C1CCN(C(=O)C=Cc2ccc(Cl)c(C(F)(F)F)c2)C1. The van der Waals surface area contributed by atoms with Gasteiger partial charge < -0.3 is 10.6 Å². The summed E-state index contributed by atoms with van der Waals surface area (Å²) in [5.41, 5.74) is 4.44. The summed E-state index contributed by atoms with van der Waals surface area (Å²) in [6.45, 7) is 0.623. The van der Waals surface area contributed by atoms with Crippen LogP contribution >= 0.6 is 11.6 Å². The molecule has 2 N–H and O–H groups in total. The van der Waals surface area contributed by atoms with Crippen LogP contribution in [-0.4, -0.2) is 29.8 Å². The Balaban J connectivity index is 2.09. The van der Waals surface area contributed by atoms with E-state index < -0.39 is 22.7 Å². The van der Waals surface area contributed by atoms with Gasteiger partial charge in [-0.05, 0) is 30.2 Å². The highest BCUT2D eigenvalue weighted by atomic mass is 35.5. The molecule has 1 saturated heterocycles. The molecule has 0 aromatic heterocycles. The number of carbonyl (C=O) groups excluding carboxylic acids is 2.